The number of likely N-dealkylation sites (tertiary alicyclic amines) is 1. The van der Waals surface area contributed by atoms with E-state index in [9.17, 15) is 4.21 Å². The van der Waals surface area contributed by atoms with Gasteiger partial charge in [0.05, 0.1) is 0 Å². The van der Waals surface area contributed by atoms with Crippen molar-refractivity contribution in [2.45, 2.75) is 56.6 Å². The second kappa shape index (κ2) is 6.83. The van der Waals surface area contributed by atoms with Crippen LogP contribution in [0, 0.1) is 0 Å². The Morgan fingerprint density at radius 1 is 1.04 bits per heavy atom. The monoisotopic (exact) mass is 374 g/mol. The molecule has 2 saturated heterocycles. The maximum atomic E-state index is 11.6. The molecule has 1 aliphatic carbocycles. The Morgan fingerprint density at radius 2 is 1.81 bits per heavy atom. The lowest BCUT2D eigenvalue weighted by Gasteiger charge is -2.48. The summed E-state index contributed by atoms with van der Waals surface area (Å²) in [6.07, 6.45) is 8.89. The van der Waals surface area contributed by atoms with Crippen molar-refractivity contribution in [1.29, 1.82) is 0 Å². The number of nitrogens with zero attached hydrogens (tertiary/aromatic N) is 2. The van der Waals surface area contributed by atoms with Gasteiger partial charge in [0.2, 0.25) is 0 Å². The Morgan fingerprint density at radius 3 is 2.50 bits per heavy atom. The second-order valence-corrected chi connectivity index (χ2v) is 10.2. The van der Waals surface area contributed by atoms with Gasteiger partial charge < -0.3 is 14.5 Å². The van der Waals surface area contributed by atoms with E-state index < -0.39 is 10.8 Å². The Bertz CT molecular complexity index is 685. The van der Waals surface area contributed by atoms with E-state index in [0.29, 0.717) is 0 Å². The number of ether oxygens (including phenoxy) is 1. The summed E-state index contributed by atoms with van der Waals surface area (Å²) in [5, 5.41) is 0. The van der Waals surface area contributed by atoms with Crippen LogP contribution in [0.1, 0.15) is 44.1 Å². The van der Waals surface area contributed by atoms with Crippen molar-refractivity contribution in [2.75, 3.05) is 42.6 Å². The van der Waals surface area contributed by atoms with Crippen LogP contribution in [-0.4, -0.2) is 58.4 Å². The number of hydrogen-bond acceptors (Lipinski definition) is 4. The maximum Gasteiger partial charge on any atom is 0.123 e. The van der Waals surface area contributed by atoms with Gasteiger partial charge in [-0.2, -0.15) is 0 Å². The second-order valence-electron chi connectivity index (χ2n) is 8.53. The van der Waals surface area contributed by atoms with Crippen molar-refractivity contribution in [1.82, 2.24) is 4.90 Å². The van der Waals surface area contributed by atoms with Crippen LogP contribution < -0.4 is 9.64 Å². The highest BCUT2D eigenvalue weighted by molar-refractivity contribution is 7.85. The molecule has 0 amide bonds. The molecule has 0 bridgehead atoms. The molecule has 3 aliphatic heterocycles. The number of piperidine rings is 1. The van der Waals surface area contributed by atoms with E-state index in [1.54, 1.807) is 0 Å². The lowest BCUT2D eigenvalue weighted by molar-refractivity contribution is -0.0336. The molecule has 26 heavy (non-hydrogen) atoms. The molecule has 0 unspecified atom stereocenters. The summed E-state index contributed by atoms with van der Waals surface area (Å²) >= 11 is 0. The minimum atomic E-state index is -0.618. The fraction of sp³-hybridized carbons (Fsp3) is 0.714. The molecule has 4 nitrogen and oxygen atoms in total. The first-order valence-electron chi connectivity index (χ1n) is 10.4. The highest BCUT2D eigenvalue weighted by atomic mass is 32.2. The molecule has 0 radical (unpaired) electrons. The standard InChI is InChI=1S/C21H30N2O2S/c24-26-14-12-23(13-15-26)19-4-5-20-17(16-19)6-7-21(25-20)8-10-22(11-9-21)18-2-1-3-18/h4-5,16,18H,1-3,6-15H2. The third kappa shape index (κ3) is 3.18. The van der Waals surface area contributed by atoms with Crippen molar-refractivity contribution in [3.63, 3.8) is 0 Å². The Kier molecular flexibility index (Phi) is 4.48. The quantitative estimate of drug-likeness (QED) is 0.797. The largest absolute Gasteiger partial charge is 0.487 e. The summed E-state index contributed by atoms with van der Waals surface area (Å²) in [7, 11) is -0.618. The summed E-state index contributed by atoms with van der Waals surface area (Å²) in [6.45, 7) is 4.24. The minimum absolute atomic E-state index is 0.0801. The molecule has 142 valence electrons. The molecule has 0 N–H and O–H groups in total. The van der Waals surface area contributed by atoms with E-state index in [-0.39, 0.29) is 5.60 Å². The lowest BCUT2D eigenvalue weighted by Crippen LogP contribution is -2.53. The predicted molar refractivity (Wildman–Crippen MR) is 107 cm³/mol. The minimum Gasteiger partial charge on any atom is -0.487 e. The first-order valence-corrected chi connectivity index (χ1v) is 11.9. The van der Waals surface area contributed by atoms with Gasteiger partial charge in [0.15, 0.2) is 0 Å². The van der Waals surface area contributed by atoms with Crippen molar-refractivity contribution in [3.05, 3.63) is 23.8 Å². The zero-order valence-electron chi connectivity index (χ0n) is 15.6. The third-order valence-electron chi connectivity index (χ3n) is 7.06. The van der Waals surface area contributed by atoms with Crippen molar-refractivity contribution in [3.8, 4) is 5.75 Å². The van der Waals surface area contributed by atoms with Gasteiger partial charge in [0.1, 0.15) is 11.4 Å². The molecule has 3 heterocycles. The van der Waals surface area contributed by atoms with Crippen molar-refractivity contribution >= 4 is 16.5 Å². The van der Waals surface area contributed by atoms with Crippen molar-refractivity contribution in [2.24, 2.45) is 0 Å². The topological polar surface area (TPSA) is 32.8 Å². The van der Waals surface area contributed by atoms with E-state index >= 15 is 0 Å². The zero-order chi connectivity index (χ0) is 17.6. The Labute approximate surface area is 159 Å². The van der Waals surface area contributed by atoms with Crippen LogP contribution in [0.5, 0.6) is 5.75 Å². The van der Waals surface area contributed by atoms with Gasteiger partial charge in [-0.3, -0.25) is 4.21 Å². The molecule has 3 fully saturated rings. The van der Waals surface area contributed by atoms with Gasteiger partial charge in [-0.25, -0.2) is 0 Å². The number of fused-ring (bicyclic) bond motifs is 1. The van der Waals surface area contributed by atoms with Gasteiger partial charge in [0, 0.05) is 60.2 Å². The van der Waals surface area contributed by atoms with Crippen LogP contribution in [0.15, 0.2) is 18.2 Å². The first kappa shape index (κ1) is 17.1. The summed E-state index contributed by atoms with van der Waals surface area (Å²) in [5.41, 5.74) is 2.72. The number of hydrogen-bond donors (Lipinski definition) is 0. The fourth-order valence-corrected chi connectivity index (χ4v) is 6.05. The molecule has 0 atom stereocenters. The molecule has 1 spiro atoms. The van der Waals surface area contributed by atoms with Crippen LogP contribution in [0.4, 0.5) is 5.69 Å². The number of anilines is 1. The van der Waals surface area contributed by atoms with E-state index in [0.717, 1.165) is 49.2 Å². The van der Waals surface area contributed by atoms with Crippen molar-refractivity contribution < 1.29 is 8.95 Å². The summed E-state index contributed by atoms with van der Waals surface area (Å²) < 4.78 is 18.2. The van der Waals surface area contributed by atoms with E-state index in [1.807, 2.05) is 0 Å². The highest BCUT2D eigenvalue weighted by Gasteiger charge is 2.41. The number of aryl methyl sites for hydroxylation is 1. The number of benzene rings is 1. The van der Waals surface area contributed by atoms with Gasteiger partial charge in [-0.05, 0) is 62.3 Å². The third-order valence-corrected chi connectivity index (χ3v) is 8.34. The molecule has 0 aromatic heterocycles. The Balaban J connectivity index is 1.26. The molecule has 4 aliphatic rings. The van der Waals surface area contributed by atoms with Crippen LogP contribution in [0.2, 0.25) is 0 Å². The molecule has 5 heteroatoms. The fourth-order valence-electron chi connectivity index (χ4n) is 5.00. The molecule has 1 saturated carbocycles. The zero-order valence-corrected chi connectivity index (χ0v) is 16.4. The lowest BCUT2D eigenvalue weighted by atomic mass is 9.81. The highest BCUT2D eigenvalue weighted by Crippen LogP contribution is 2.42. The van der Waals surface area contributed by atoms with Gasteiger partial charge in [-0.15, -0.1) is 0 Å². The predicted octanol–water partition coefficient (Wildman–Crippen LogP) is 2.97. The molecular weight excluding hydrogens is 344 g/mol. The van der Waals surface area contributed by atoms with Crippen LogP contribution >= 0.6 is 0 Å². The average Bonchev–Trinajstić information content (AvgIpc) is 2.63. The van der Waals surface area contributed by atoms with E-state index in [1.165, 1.54) is 56.4 Å². The number of rotatable bonds is 2. The molecule has 1 aromatic rings. The van der Waals surface area contributed by atoms with Crippen LogP contribution in [0.3, 0.4) is 0 Å². The maximum absolute atomic E-state index is 11.6. The van der Waals surface area contributed by atoms with E-state index in [4.69, 9.17) is 4.74 Å². The van der Waals surface area contributed by atoms with E-state index in [2.05, 4.69) is 28.0 Å². The normalized spacial score (nSPS) is 27.0. The molecule has 1 aromatic carbocycles. The molecule has 5 rings (SSSR count). The van der Waals surface area contributed by atoms with Gasteiger partial charge in [-0.1, -0.05) is 6.42 Å². The Hall–Kier alpha value is -1.07. The smallest absolute Gasteiger partial charge is 0.123 e. The first-order chi connectivity index (χ1) is 12.7. The molecular formula is C21H30N2O2S. The van der Waals surface area contributed by atoms with Gasteiger partial charge >= 0.3 is 0 Å². The SMILES string of the molecule is O=S1CCN(c2ccc3c(c2)CCC2(CCN(C4CCC4)CC2)O3)CC1. The summed E-state index contributed by atoms with van der Waals surface area (Å²) in [4.78, 5) is 5.08. The summed E-state index contributed by atoms with van der Waals surface area (Å²) in [6, 6.07) is 7.58. The van der Waals surface area contributed by atoms with Crippen LogP contribution in [0.25, 0.3) is 0 Å². The summed E-state index contributed by atoms with van der Waals surface area (Å²) in [5.74, 6) is 2.71. The average molecular weight is 375 g/mol. The van der Waals surface area contributed by atoms with Crippen LogP contribution in [-0.2, 0) is 17.2 Å². The van der Waals surface area contributed by atoms with Gasteiger partial charge in [0.25, 0.3) is 0 Å².